The summed E-state index contributed by atoms with van der Waals surface area (Å²) < 4.78 is 40.5. The van der Waals surface area contributed by atoms with Gasteiger partial charge in [0.1, 0.15) is 5.82 Å². The van der Waals surface area contributed by atoms with E-state index in [9.17, 15) is 17.6 Å². The Kier molecular flexibility index (Phi) is 5.92. The summed E-state index contributed by atoms with van der Waals surface area (Å²) in [5, 5.41) is 2.73. The Labute approximate surface area is 159 Å². The smallest absolute Gasteiger partial charge is 0.251 e. The molecule has 1 saturated heterocycles. The van der Waals surface area contributed by atoms with E-state index in [2.05, 4.69) is 5.32 Å². The molecule has 2 aromatic carbocycles. The molecule has 1 heterocycles. The molecule has 7 heteroatoms. The van der Waals surface area contributed by atoms with E-state index in [0.29, 0.717) is 24.2 Å². The Hall–Kier alpha value is -2.25. The standard InChI is InChI=1S/C20H23FN2O3S/c1-15-8-9-17(21)13-19(15)20(24)22-14-16-6-5-7-18(12-16)27(25,26)23-10-3-2-4-11-23/h5-9,12-13H,2-4,10-11,14H2,1H3,(H,22,24). The molecule has 1 fully saturated rings. The highest BCUT2D eigenvalue weighted by atomic mass is 32.2. The van der Waals surface area contributed by atoms with E-state index < -0.39 is 21.7 Å². The predicted molar refractivity (Wildman–Crippen MR) is 101 cm³/mol. The van der Waals surface area contributed by atoms with E-state index in [-0.39, 0.29) is 17.0 Å². The topological polar surface area (TPSA) is 66.5 Å². The quantitative estimate of drug-likeness (QED) is 0.852. The van der Waals surface area contributed by atoms with Crippen molar-refractivity contribution in [1.82, 2.24) is 9.62 Å². The maximum Gasteiger partial charge on any atom is 0.251 e. The van der Waals surface area contributed by atoms with Crippen LogP contribution in [0.5, 0.6) is 0 Å². The van der Waals surface area contributed by atoms with Crippen molar-refractivity contribution in [2.75, 3.05) is 13.1 Å². The second-order valence-electron chi connectivity index (χ2n) is 6.75. The molecule has 0 spiro atoms. The zero-order chi connectivity index (χ0) is 19.4. The number of rotatable bonds is 5. The van der Waals surface area contributed by atoms with Crippen LogP contribution in [0.15, 0.2) is 47.4 Å². The van der Waals surface area contributed by atoms with Gasteiger partial charge >= 0.3 is 0 Å². The first-order valence-corrected chi connectivity index (χ1v) is 10.5. The van der Waals surface area contributed by atoms with E-state index in [0.717, 1.165) is 19.3 Å². The number of nitrogens with one attached hydrogen (secondary N) is 1. The molecule has 144 valence electrons. The van der Waals surface area contributed by atoms with Crippen molar-refractivity contribution in [1.29, 1.82) is 0 Å². The van der Waals surface area contributed by atoms with Gasteiger partial charge in [-0.1, -0.05) is 24.6 Å². The molecule has 1 N–H and O–H groups in total. The van der Waals surface area contributed by atoms with Crippen molar-refractivity contribution in [2.24, 2.45) is 0 Å². The van der Waals surface area contributed by atoms with Gasteiger partial charge < -0.3 is 5.32 Å². The maximum absolute atomic E-state index is 13.4. The molecule has 1 aliphatic heterocycles. The lowest BCUT2D eigenvalue weighted by molar-refractivity contribution is 0.0950. The summed E-state index contributed by atoms with van der Waals surface area (Å²) in [5.74, 6) is -0.864. The van der Waals surface area contributed by atoms with Crippen LogP contribution >= 0.6 is 0 Å². The number of benzene rings is 2. The summed E-state index contributed by atoms with van der Waals surface area (Å²) in [7, 11) is -3.52. The summed E-state index contributed by atoms with van der Waals surface area (Å²) in [6.07, 6.45) is 2.81. The third-order valence-electron chi connectivity index (χ3n) is 4.75. The fourth-order valence-corrected chi connectivity index (χ4v) is 4.77. The summed E-state index contributed by atoms with van der Waals surface area (Å²) in [6, 6.07) is 10.6. The second kappa shape index (κ2) is 8.19. The van der Waals surface area contributed by atoms with Gasteiger partial charge in [0.05, 0.1) is 4.90 Å². The first-order valence-electron chi connectivity index (χ1n) is 9.01. The zero-order valence-electron chi connectivity index (χ0n) is 15.2. The summed E-state index contributed by atoms with van der Waals surface area (Å²) >= 11 is 0. The molecule has 1 aliphatic rings. The largest absolute Gasteiger partial charge is 0.348 e. The molecule has 0 aromatic heterocycles. The molecule has 1 amide bonds. The molecule has 0 bridgehead atoms. The van der Waals surface area contributed by atoms with Crippen molar-refractivity contribution in [3.05, 3.63) is 65.0 Å². The number of amides is 1. The van der Waals surface area contributed by atoms with Gasteiger partial charge in [-0.3, -0.25) is 4.79 Å². The van der Waals surface area contributed by atoms with Crippen molar-refractivity contribution in [2.45, 2.75) is 37.6 Å². The Morgan fingerprint density at radius 3 is 2.59 bits per heavy atom. The Morgan fingerprint density at radius 2 is 1.85 bits per heavy atom. The molecular weight excluding hydrogens is 367 g/mol. The average molecular weight is 390 g/mol. The highest BCUT2D eigenvalue weighted by Gasteiger charge is 2.25. The van der Waals surface area contributed by atoms with Gasteiger partial charge in [-0.25, -0.2) is 12.8 Å². The minimum atomic E-state index is -3.52. The van der Waals surface area contributed by atoms with Crippen molar-refractivity contribution in [3.63, 3.8) is 0 Å². The van der Waals surface area contributed by atoms with Crippen LogP contribution in [0.25, 0.3) is 0 Å². The van der Waals surface area contributed by atoms with Gasteiger partial charge in [-0.15, -0.1) is 0 Å². The number of halogens is 1. The third kappa shape index (κ3) is 4.54. The minimum absolute atomic E-state index is 0.165. The molecule has 2 aromatic rings. The molecule has 0 aliphatic carbocycles. The normalized spacial score (nSPS) is 15.5. The van der Waals surface area contributed by atoms with Crippen molar-refractivity contribution >= 4 is 15.9 Å². The molecule has 5 nitrogen and oxygen atoms in total. The number of sulfonamides is 1. The first kappa shape index (κ1) is 19.5. The highest BCUT2D eigenvalue weighted by molar-refractivity contribution is 7.89. The molecule has 0 unspecified atom stereocenters. The van der Waals surface area contributed by atoms with Crippen LogP contribution in [0.3, 0.4) is 0 Å². The second-order valence-corrected chi connectivity index (χ2v) is 8.69. The van der Waals surface area contributed by atoms with E-state index >= 15 is 0 Å². The van der Waals surface area contributed by atoms with Crippen LogP contribution in [-0.4, -0.2) is 31.7 Å². The Balaban J connectivity index is 1.72. The molecule has 27 heavy (non-hydrogen) atoms. The van der Waals surface area contributed by atoms with Crippen molar-refractivity contribution < 1.29 is 17.6 Å². The molecule has 0 radical (unpaired) electrons. The van der Waals surface area contributed by atoms with E-state index in [1.165, 1.54) is 16.4 Å². The van der Waals surface area contributed by atoms with Crippen LogP contribution in [-0.2, 0) is 16.6 Å². The molecule has 0 atom stereocenters. The van der Waals surface area contributed by atoms with Crippen LogP contribution in [0, 0.1) is 12.7 Å². The van der Waals surface area contributed by atoms with Gasteiger partial charge in [0.2, 0.25) is 10.0 Å². The lowest BCUT2D eigenvalue weighted by Crippen LogP contribution is -2.35. The van der Waals surface area contributed by atoms with Crippen LogP contribution in [0.4, 0.5) is 4.39 Å². The maximum atomic E-state index is 13.4. The molecule has 0 saturated carbocycles. The van der Waals surface area contributed by atoms with E-state index in [1.54, 1.807) is 37.3 Å². The number of hydrogen-bond donors (Lipinski definition) is 1. The summed E-state index contributed by atoms with van der Waals surface area (Å²) in [6.45, 7) is 2.99. The fraction of sp³-hybridized carbons (Fsp3) is 0.350. The SMILES string of the molecule is Cc1ccc(F)cc1C(=O)NCc1cccc(S(=O)(=O)N2CCCCC2)c1. The molecular formula is C20H23FN2O3S. The number of carbonyl (C=O) groups excluding carboxylic acids is 1. The van der Waals surface area contributed by atoms with E-state index in [4.69, 9.17) is 0 Å². The average Bonchev–Trinajstić information content (AvgIpc) is 2.69. The van der Waals surface area contributed by atoms with Gasteiger partial charge in [0.25, 0.3) is 5.91 Å². The van der Waals surface area contributed by atoms with Crippen LogP contribution in [0.1, 0.15) is 40.7 Å². The monoisotopic (exact) mass is 390 g/mol. The number of carbonyl (C=O) groups is 1. The minimum Gasteiger partial charge on any atom is -0.348 e. The fourth-order valence-electron chi connectivity index (χ4n) is 3.19. The first-order chi connectivity index (χ1) is 12.9. The summed E-state index contributed by atoms with van der Waals surface area (Å²) in [5.41, 5.74) is 1.62. The zero-order valence-corrected chi connectivity index (χ0v) is 16.1. The Bertz CT molecular complexity index is 938. The van der Waals surface area contributed by atoms with Gasteiger partial charge in [0.15, 0.2) is 0 Å². The lowest BCUT2D eigenvalue weighted by Gasteiger charge is -2.26. The van der Waals surface area contributed by atoms with Crippen molar-refractivity contribution in [3.8, 4) is 0 Å². The highest BCUT2D eigenvalue weighted by Crippen LogP contribution is 2.21. The summed E-state index contributed by atoms with van der Waals surface area (Å²) in [4.78, 5) is 12.6. The number of hydrogen-bond acceptors (Lipinski definition) is 3. The number of piperidine rings is 1. The van der Waals surface area contributed by atoms with Crippen LogP contribution < -0.4 is 5.32 Å². The number of aryl methyl sites for hydroxylation is 1. The van der Waals surface area contributed by atoms with E-state index in [1.807, 2.05) is 0 Å². The lowest BCUT2D eigenvalue weighted by atomic mass is 10.1. The van der Waals surface area contributed by atoms with Gasteiger partial charge in [-0.2, -0.15) is 4.31 Å². The third-order valence-corrected chi connectivity index (χ3v) is 6.64. The Morgan fingerprint density at radius 1 is 1.11 bits per heavy atom. The number of nitrogens with zero attached hydrogens (tertiary/aromatic N) is 1. The van der Waals surface area contributed by atoms with Gasteiger partial charge in [-0.05, 0) is 55.2 Å². The predicted octanol–water partition coefficient (Wildman–Crippen LogP) is 3.24. The van der Waals surface area contributed by atoms with Crippen LogP contribution in [0.2, 0.25) is 0 Å². The van der Waals surface area contributed by atoms with Gasteiger partial charge in [0, 0.05) is 25.2 Å². The molecule has 3 rings (SSSR count).